The molecule has 23 heavy (non-hydrogen) atoms. The van der Waals surface area contributed by atoms with Crippen molar-refractivity contribution in [2.24, 2.45) is 0 Å². The number of fused-ring (bicyclic) bond motifs is 1. The van der Waals surface area contributed by atoms with Crippen LogP contribution in [0.5, 0.6) is 0 Å². The highest BCUT2D eigenvalue weighted by molar-refractivity contribution is 7.88. The Morgan fingerprint density at radius 1 is 1.26 bits per heavy atom. The maximum atomic E-state index is 13.2. The molecule has 1 heterocycles. The summed E-state index contributed by atoms with van der Waals surface area (Å²) in [6.45, 7) is 2.28. The molecule has 0 aliphatic rings. The first-order valence-corrected chi connectivity index (χ1v) is 8.95. The maximum absolute atomic E-state index is 13.2. The Kier molecular flexibility index (Phi) is 5.27. The molecule has 2 rings (SSSR count). The van der Waals surface area contributed by atoms with Crippen molar-refractivity contribution in [2.75, 3.05) is 19.3 Å². The van der Waals surface area contributed by atoms with Gasteiger partial charge in [0.25, 0.3) is 5.91 Å². The van der Waals surface area contributed by atoms with Gasteiger partial charge in [0.1, 0.15) is 5.82 Å². The molecule has 0 aliphatic carbocycles. The van der Waals surface area contributed by atoms with E-state index in [0.717, 1.165) is 6.26 Å². The van der Waals surface area contributed by atoms with Crippen LogP contribution in [0.3, 0.4) is 0 Å². The Bertz CT molecular complexity index is 837. The number of rotatable bonds is 6. The van der Waals surface area contributed by atoms with Gasteiger partial charge in [-0.05, 0) is 31.5 Å². The van der Waals surface area contributed by atoms with Crippen LogP contribution in [0.4, 0.5) is 4.39 Å². The van der Waals surface area contributed by atoms with E-state index in [-0.39, 0.29) is 18.3 Å². The summed E-state index contributed by atoms with van der Waals surface area (Å²) in [6.07, 6.45) is 1.56. The molecule has 124 valence electrons. The van der Waals surface area contributed by atoms with Crippen molar-refractivity contribution in [3.8, 4) is 0 Å². The summed E-state index contributed by atoms with van der Waals surface area (Å²) in [4.78, 5) is 16.4. The highest BCUT2D eigenvalue weighted by atomic mass is 32.2. The summed E-state index contributed by atoms with van der Waals surface area (Å²) in [7, 11) is -3.21. The summed E-state index contributed by atoms with van der Waals surface area (Å²) < 4.78 is 37.4. The minimum absolute atomic E-state index is 0.257. The van der Waals surface area contributed by atoms with Gasteiger partial charge in [0.15, 0.2) is 0 Å². The zero-order valence-corrected chi connectivity index (χ0v) is 13.7. The van der Waals surface area contributed by atoms with Gasteiger partial charge in [0.05, 0.1) is 23.0 Å². The van der Waals surface area contributed by atoms with Crippen LogP contribution in [0.1, 0.15) is 22.5 Å². The number of benzene rings is 1. The lowest BCUT2D eigenvalue weighted by molar-refractivity contribution is 0.0952. The normalized spacial score (nSPS) is 11.6. The van der Waals surface area contributed by atoms with Crippen LogP contribution in [0.15, 0.2) is 24.3 Å². The standard InChI is InChI=1S/C15H18FN3O3S/c1-10-13(8-11-4-5-12(16)9-14(11)19-10)15(20)17-6-3-7-18-23(2,21)22/h4-5,8-9,18H,3,6-7H2,1-2H3,(H,17,20). The van der Waals surface area contributed by atoms with Gasteiger partial charge >= 0.3 is 0 Å². The van der Waals surface area contributed by atoms with Crippen molar-refractivity contribution >= 4 is 26.8 Å². The molecule has 8 heteroatoms. The monoisotopic (exact) mass is 339 g/mol. The quantitative estimate of drug-likeness (QED) is 0.778. The van der Waals surface area contributed by atoms with E-state index in [1.165, 1.54) is 12.1 Å². The van der Waals surface area contributed by atoms with E-state index in [1.54, 1.807) is 19.1 Å². The van der Waals surface area contributed by atoms with E-state index in [9.17, 15) is 17.6 Å². The van der Waals surface area contributed by atoms with E-state index >= 15 is 0 Å². The van der Waals surface area contributed by atoms with E-state index in [4.69, 9.17) is 0 Å². The van der Waals surface area contributed by atoms with Crippen LogP contribution < -0.4 is 10.0 Å². The van der Waals surface area contributed by atoms with Gasteiger partial charge in [-0.15, -0.1) is 0 Å². The maximum Gasteiger partial charge on any atom is 0.253 e. The topological polar surface area (TPSA) is 88.2 Å². The minimum Gasteiger partial charge on any atom is -0.352 e. The molecule has 2 aromatic rings. The van der Waals surface area contributed by atoms with Crippen molar-refractivity contribution in [3.05, 3.63) is 41.3 Å². The Morgan fingerprint density at radius 2 is 2.00 bits per heavy atom. The number of nitrogens with one attached hydrogen (secondary N) is 2. The number of aromatic nitrogens is 1. The predicted octanol–water partition coefficient (Wildman–Crippen LogP) is 1.35. The number of nitrogens with zero attached hydrogens (tertiary/aromatic N) is 1. The van der Waals surface area contributed by atoms with Crippen LogP contribution in [0.25, 0.3) is 10.9 Å². The third kappa shape index (κ3) is 4.97. The SMILES string of the molecule is Cc1nc2cc(F)ccc2cc1C(=O)NCCCNS(C)(=O)=O. The van der Waals surface area contributed by atoms with Gasteiger partial charge in [-0.1, -0.05) is 0 Å². The number of amides is 1. The number of aryl methyl sites for hydroxylation is 1. The van der Waals surface area contributed by atoms with Gasteiger partial charge in [-0.25, -0.2) is 17.5 Å². The lowest BCUT2D eigenvalue weighted by atomic mass is 10.1. The number of hydrogen-bond donors (Lipinski definition) is 2. The fourth-order valence-electron chi connectivity index (χ4n) is 2.11. The second-order valence-corrected chi connectivity index (χ2v) is 7.07. The molecular weight excluding hydrogens is 321 g/mol. The van der Waals surface area contributed by atoms with Crippen molar-refractivity contribution in [2.45, 2.75) is 13.3 Å². The predicted molar refractivity (Wildman–Crippen MR) is 86.2 cm³/mol. The molecule has 1 amide bonds. The van der Waals surface area contributed by atoms with E-state index in [1.807, 2.05) is 0 Å². The molecular formula is C15H18FN3O3S. The van der Waals surface area contributed by atoms with Gasteiger partial charge in [-0.3, -0.25) is 9.78 Å². The Hall–Kier alpha value is -2.06. The third-order valence-electron chi connectivity index (χ3n) is 3.22. The molecule has 0 saturated carbocycles. The fraction of sp³-hybridized carbons (Fsp3) is 0.333. The zero-order chi connectivity index (χ0) is 17.0. The number of hydrogen-bond acceptors (Lipinski definition) is 4. The van der Waals surface area contributed by atoms with Gasteiger partial charge in [-0.2, -0.15) is 0 Å². The number of sulfonamides is 1. The molecule has 6 nitrogen and oxygen atoms in total. The van der Waals surface area contributed by atoms with Crippen LogP contribution in [-0.2, 0) is 10.0 Å². The average Bonchev–Trinajstić information content (AvgIpc) is 2.44. The fourth-order valence-corrected chi connectivity index (χ4v) is 2.62. The van der Waals surface area contributed by atoms with Crippen molar-refractivity contribution in [1.29, 1.82) is 0 Å². The summed E-state index contributed by atoms with van der Waals surface area (Å²) in [5, 5.41) is 3.40. The molecule has 0 atom stereocenters. The second-order valence-electron chi connectivity index (χ2n) is 5.23. The zero-order valence-electron chi connectivity index (χ0n) is 12.9. The van der Waals surface area contributed by atoms with E-state index < -0.39 is 10.0 Å². The Morgan fingerprint density at radius 3 is 2.70 bits per heavy atom. The molecule has 0 unspecified atom stereocenters. The summed E-state index contributed by atoms with van der Waals surface area (Å²) in [5.74, 6) is -0.666. The van der Waals surface area contributed by atoms with Crippen molar-refractivity contribution < 1.29 is 17.6 Å². The molecule has 0 aliphatic heterocycles. The number of carbonyl (C=O) groups excluding carboxylic acids is 1. The molecule has 0 spiro atoms. The van der Waals surface area contributed by atoms with Gasteiger partial charge < -0.3 is 5.32 Å². The molecule has 1 aromatic heterocycles. The summed E-state index contributed by atoms with van der Waals surface area (Å²) >= 11 is 0. The van der Waals surface area contributed by atoms with Crippen LogP contribution in [-0.4, -0.2) is 38.7 Å². The first kappa shape index (κ1) is 17.3. The van der Waals surface area contributed by atoms with E-state index in [0.29, 0.717) is 35.1 Å². The highest BCUT2D eigenvalue weighted by Crippen LogP contribution is 2.17. The lowest BCUT2D eigenvalue weighted by Crippen LogP contribution is -2.29. The van der Waals surface area contributed by atoms with Crippen molar-refractivity contribution in [1.82, 2.24) is 15.0 Å². The molecule has 1 aromatic carbocycles. The number of pyridine rings is 1. The van der Waals surface area contributed by atoms with Gasteiger partial charge in [0.2, 0.25) is 10.0 Å². The summed E-state index contributed by atoms with van der Waals surface area (Å²) in [6, 6.07) is 5.88. The van der Waals surface area contributed by atoms with Crippen LogP contribution in [0, 0.1) is 12.7 Å². The molecule has 0 bridgehead atoms. The molecule has 0 radical (unpaired) electrons. The highest BCUT2D eigenvalue weighted by Gasteiger charge is 2.11. The van der Waals surface area contributed by atoms with Gasteiger partial charge in [0, 0.05) is 24.5 Å². The van der Waals surface area contributed by atoms with Crippen LogP contribution >= 0.6 is 0 Å². The Labute approximate surface area is 134 Å². The molecule has 0 saturated heterocycles. The average molecular weight is 339 g/mol. The van der Waals surface area contributed by atoms with E-state index in [2.05, 4.69) is 15.0 Å². The number of halogens is 1. The van der Waals surface area contributed by atoms with Crippen molar-refractivity contribution in [3.63, 3.8) is 0 Å². The largest absolute Gasteiger partial charge is 0.352 e. The smallest absolute Gasteiger partial charge is 0.253 e. The summed E-state index contributed by atoms with van der Waals surface area (Å²) in [5.41, 5.74) is 1.42. The molecule has 0 fully saturated rings. The minimum atomic E-state index is -3.21. The lowest BCUT2D eigenvalue weighted by Gasteiger charge is -2.09. The first-order valence-electron chi connectivity index (χ1n) is 7.06. The first-order chi connectivity index (χ1) is 10.8. The Balaban J connectivity index is 2.00. The second kappa shape index (κ2) is 7.01. The number of carbonyl (C=O) groups is 1. The van der Waals surface area contributed by atoms with Crippen LogP contribution in [0.2, 0.25) is 0 Å². The third-order valence-corrected chi connectivity index (χ3v) is 3.95. The molecule has 2 N–H and O–H groups in total.